The number of hydrogen-bond acceptors (Lipinski definition) is 4. The average Bonchev–Trinajstić information content (AvgIpc) is 2.16. The topological polar surface area (TPSA) is 94.9 Å². The summed E-state index contributed by atoms with van der Waals surface area (Å²) < 4.78 is 24.7. The monoisotopic (exact) mass is 251 g/mol. The molecular weight excluding hydrogens is 234 g/mol. The number of nitrogens with zero attached hydrogens (tertiary/aromatic N) is 1. The summed E-state index contributed by atoms with van der Waals surface area (Å²) in [5.74, 6) is -1.15. The molecule has 1 heterocycles. The van der Waals surface area contributed by atoms with E-state index in [1.807, 2.05) is 0 Å². The Kier molecular flexibility index (Phi) is 4.69. The van der Waals surface area contributed by atoms with Crippen LogP contribution in [0, 0.1) is 0 Å². The van der Waals surface area contributed by atoms with Gasteiger partial charge < -0.3 is 10.2 Å². The van der Waals surface area contributed by atoms with E-state index in [2.05, 4.69) is 0 Å². The summed E-state index contributed by atoms with van der Waals surface area (Å²) in [6.45, 7) is 0.557. The van der Waals surface area contributed by atoms with Crippen LogP contribution in [0.5, 0.6) is 0 Å². The molecule has 0 aromatic rings. The Labute approximate surface area is 94.9 Å². The zero-order chi connectivity index (χ0) is 12.2. The van der Waals surface area contributed by atoms with Crippen molar-refractivity contribution in [2.24, 2.45) is 0 Å². The van der Waals surface area contributed by atoms with E-state index in [-0.39, 0.29) is 25.1 Å². The van der Waals surface area contributed by atoms with E-state index in [9.17, 15) is 18.3 Å². The van der Waals surface area contributed by atoms with Gasteiger partial charge in [-0.1, -0.05) is 0 Å². The molecule has 0 radical (unpaired) electrons. The van der Waals surface area contributed by atoms with Crippen molar-refractivity contribution in [3.05, 3.63) is 0 Å². The average molecular weight is 251 g/mol. The van der Waals surface area contributed by atoms with Gasteiger partial charge in [-0.3, -0.25) is 4.79 Å². The number of sulfonamides is 1. The highest BCUT2D eigenvalue weighted by molar-refractivity contribution is 7.89. The maximum absolute atomic E-state index is 11.7. The Morgan fingerprint density at radius 3 is 2.69 bits per heavy atom. The van der Waals surface area contributed by atoms with Crippen LogP contribution < -0.4 is 0 Å². The molecule has 1 saturated heterocycles. The van der Waals surface area contributed by atoms with Crippen LogP contribution in [-0.4, -0.2) is 53.9 Å². The van der Waals surface area contributed by atoms with E-state index in [4.69, 9.17) is 5.11 Å². The molecule has 1 fully saturated rings. The van der Waals surface area contributed by atoms with Crippen LogP contribution in [0.2, 0.25) is 0 Å². The first-order chi connectivity index (χ1) is 7.42. The SMILES string of the molecule is O=C(O)CCCS(=O)(=O)N1CCCC(O)C1. The van der Waals surface area contributed by atoms with E-state index < -0.39 is 22.1 Å². The van der Waals surface area contributed by atoms with E-state index >= 15 is 0 Å². The lowest BCUT2D eigenvalue weighted by molar-refractivity contribution is -0.137. The van der Waals surface area contributed by atoms with Crippen LogP contribution in [-0.2, 0) is 14.8 Å². The second kappa shape index (κ2) is 5.60. The summed E-state index contributed by atoms with van der Waals surface area (Å²) in [7, 11) is -3.40. The fourth-order valence-electron chi connectivity index (χ4n) is 1.71. The zero-order valence-corrected chi connectivity index (χ0v) is 9.82. The van der Waals surface area contributed by atoms with Gasteiger partial charge in [0.2, 0.25) is 10.0 Å². The van der Waals surface area contributed by atoms with Crippen LogP contribution in [0.3, 0.4) is 0 Å². The Morgan fingerprint density at radius 2 is 2.12 bits per heavy atom. The first-order valence-corrected chi connectivity index (χ1v) is 6.90. The van der Waals surface area contributed by atoms with Gasteiger partial charge in [-0.15, -0.1) is 0 Å². The molecule has 1 atom stereocenters. The van der Waals surface area contributed by atoms with Gasteiger partial charge >= 0.3 is 5.97 Å². The van der Waals surface area contributed by atoms with Gasteiger partial charge in [-0.05, 0) is 19.3 Å². The Bertz CT molecular complexity index is 340. The largest absolute Gasteiger partial charge is 0.481 e. The molecule has 0 amide bonds. The van der Waals surface area contributed by atoms with Crippen molar-refractivity contribution >= 4 is 16.0 Å². The molecule has 1 aliphatic heterocycles. The molecule has 0 aromatic carbocycles. The predicted molar refractivity (Wildman–Crippen MR) is 57.5 cm³/mol. The predicted octanol–water partition coefficient (Wildman–Crippen LogP) is -0.362. The molecule has 2 N–H and O–H groups in total. The third-order valence-electron chi connectivity index (χ3n) is 2.55. The van der Waals surface area contributed by atoms with Crippen LogP contribution in [0.4, 0.5) is 0 Å². The number of hydrogen-bond donors (Lipinski definition) is 2. The van der Waals surface area contributed by atoms with E-state index in [0.29, 0.717) is 19.4 Å². The van der Waals surface area contributed by atoms with Crippen molar-refractivity contribution in [2.75, 3.05) is 18.8 Å². The van der Waals surface area contributed by atoms with Gasteiger partial charge in [-0.2, -0.15) is 4.31 Å². The quantitative estimate of drug-likeness (QED) is 0.695. The fourth-order valence-corrected chi connectivity index (χ4v) is 3.28. The maximum Gasteiger partial charge on any atom is 0.303 e. The van der Waals surface area contributed by atoms with Crippen molar-refractivity contribution < 1.29 is 23.4 Å². The molecule has 0 bridgehead atoms. The highest BCUT2D eigenvalue weighted by Gasteiger charge is 2.27. The van der Waals surface area contributed by atoms with E-state index in [1.54, 1.807) is 0 Å². The molecule has 1 aliphatic rings. The summed E-state index contributed by atoms with van der Waals surface area (Å²) in [6, 6.07) is 0. The Balaban J connectivity index is 2.46. The van der Waals surface area contributed by atoms with Gasteiger partial charge in [0, 0.05) is 19.5 Å². The number of carbonyl (C=O) groups is 1. The van der Waals surface area contributed by atoms with Gasteiger partial charge in [0.15, 0.2) is 0 Å². The molecule has 94 valence electrons. The normalized spacial score (nSPS) is 23.2. The summed E-state index contributed by atoms with van der Waals surface area (Å²) >= 11 is 0. The van der Waals surface area contributed by atoms with Crippen molar-refractivity contribution in [1.82, 2.24) is 4.31 Å². The minimum absolute atomic E-state index is 0.115. The lowest BCUT2D eigenvalue weighted by Crippen LogP contribution is -2.43. The zero-order valence-electron chi connectivity index (χ0n) is 9.00. The van der Waals surface area contributed by atoms with Crippen molar-refractivity contribution in [1.29, 1.82) is 0 Å². The van der Waals surface area contributed by atoms with Crippen LogP contribution in [0.25, 0.3) is 0 Å². The number of rotatable bonds is 5. The van der Waals surface area contributed by atoms with Crippen LogP contribution in [0.1, 0.15) is 25.7 Å². The third kappa shape index (κ3) is 4.07. The van der Waals surface area contributed by atoms with Gasteiger partial charge in [0.1, 0.15) is 0 Å². The number of β-amino-alcohol motifs (C(OH)–C–C–N with tert-alkyl or cyclic N) is 1. The van der Waals surface area contributed by atoms with Gasteiger partial charge in [0.05, 0.1) is 11.9 Å². The third-order valence-corrected chi connectivity index (χ3v) is 4.47. The molecule has 0 saturated carbocycles. The fraction of sp³-hybridized carbons (Fsp3) is 0.889. The second-order valence-corrected chi connectivity index (χ2v) is 6.06. The van der Waals surface area contributed by atoms with Crippen LogP contribution in [0.15, 0.2) is 0 Å². The summed E-state index contributed by atoms with van der Waals surface area (Å²) in [6.07, 6.45) is 0.656. The minimum Gasteiger partial charge on any atom is -0.481 e. The molecule has 0 aromatic heterocycles. The summed E-state index contributed by atoms with van der Waals surface area (Å²) in [5, 5.41) is 17.8. The minimum atomic E-state index is -3.40. The Hall–Kier alpha value is -0.660. The highest BCUT2D eigenvalue weighted by Crippen LogP contribution is 2.15. The van der Waals surface area contributed by atoms with Gasteiger partial charge in [0.25, 0.3) is 0 Å². The number of aliphatic hydroxyl groups is 1. The lowest BCUT2D eigenvalue weighted by Gasteiger charge is -2.29. The van der Waals surface area contributed by atoms with Crippen molar-refractivity contribution in [3.63, 3.8) is 0 Å². The molecule has 6 nitrogen and oxygen atoms in total. The molecule has 7 heteroatoms. The molecule has 0 aliphatic carbocycles. The molecule has 0 spiro atoms. The second-order valence-electron chi connectivity index (χ2n) is 3.97. The standard InChI is InChI=1S/C9H17NO5S/c11-8-3-1-5-10(7-8)16(14,15)6-2-4-9(12)13/h8,11H,1-7H2,(H,12,13). The first-order valence-electron chi connectivity index (χ1n) is 5.29. The summed E-state index contributed by atoms with van der Waals surface area (Å²) in [4.78, 5) is 10.3. The molecule has 1 rings (SSSR count). The van der Waals surface area contributed by atoms with Crippen molar-refractivity contribution in [2.45, 2.75) is 31.8 Å². The maximum atomic E-state index is 11.7. The number of carboxylic acid groups (broad SMARTS) is 1. The number of aliphatic carboxylic acids is 1. The Morgan fingerprint density at radius 1 is 1.44 bits per heavy atom. The lowest BCUT2D eigenvalue weighted by atomic mass is 10.1. The molecule has 1 unspecified atom stereocenters. The highest BCUT2D eigenvalue weighted by atomic mass is 32.2. The van der Waals surface area contributed by atoms with E-state index in [1.165, 1.54) is 4.31 Å². The number of aliphatic hydroxyl groups excluding tert-OH is 1. The molecular formula is C9H17NO5S. The van der Waals surface area contributed by atoms with E-state index in [0.717, 1.165) is 0 Å². The molecule has 16 heavy (non-hydrogen) atoms. The number of piperidine rings is 1. The van der Waals surface area contributed by atoms with Crippen molar-refractivity contribution in [3.8, 4) is 0 Å². The smallest absolute Gasteiger partial charge is 0.303 e. The van der Waals surface area contributed by atoms with Gasteiger partial charge in [-0.25, -0.2) is 8.42 Å². The number of carboxylic acids is 1. The first kappa shape index (κ1) is 13.4. The summed E-state index contributed by atoms with van der Waals surface area (Å²) in [5.41, 5.74) is 0. The van der Waals surface area contributed by atoms with Crippen LogP contribution >= 0.6 is 0 Å².